The maximum Gasteiger partial charge on any atom is 0.0823 e. The fourth-order valence-electron chi connectivity index (χ4n) is 1.23. The molecule has 0 saturated carbocycles. The maximum absolute atomic E-state index is 6.04. The van der Waals surface area contributed by atoms with Gasteiger partial charge in [-0.2, -0.15) is 11.3 Å². The molecule has 0 fully saturated rings. The number of benzene rings is 1. The molecule has 2 aromatic rings. The van der Waals surface area contributed by atoms with Gasteiger partial charge in [0.25, 0.3) is 0 Å². The number of rotatable bonds is 3. The Morgan fingerprint density at radius 2 is 2.07 bits per heavy atom. The predicted molar refractivity (Wildman–Crippen MR) is 68.1 cm³/mol. The molecule has 0 amide bonds. The van der Waals surface area contributed by atoms with Gasteiger partial charge in [-0.3, -0.25) is 0 Å². The molecule has 1 aromatic heterocycles. The fourth-order valence-corrected chi connectivity index (χ4v) is 2.27. The van der Waals surface area contributed by atoms with E-state index in [4.69, 9.17) is 23.2 Å². The molecule has 1 N–H and O–H groups in total. The van der Waals surface area contributed by atoms with Crippen LogP contribution >= 0.6 is 34.5 Å². The van der Waals surface area contributed by atoms with E-state index in [0.717, 1.165) is 12.2 Å². The summed E-state index contributed by atoms with van der Waals surface area (Å²) >= 11 is 13.6. The number of halogens is 2. The SMILES string of the molecule is Clc1cccc(NCc2ccsc2)c1Cl. The molecular formula is C11H9Cl2NS. The van der Waals surface area contributed by atoms with Crippen LogP contribution in [0.15, 0.2) is 35.0 Å². The third kappa shape index (κ3) is 2.65. The number of nitrogens with one attached hydrogen (secondary N) is 1. The topological polar surface area (TPSA) is 12.0 Å². The molecule has 0 radical (unpaired) electrons. The molecule has 1 heterocycles. The standard InChI is InChI=1S/C11H9Cl2NS/c12-9-2-1-3-10(11(9)13)14-6-8-4-5-15-7-8/h1-5,7,14H,6H2. The quantitative estimate of drug-likeness (QED) is 0.843. The van der Waals surface area contributed by atoms with Crippen molar-refractivity contribution in [3.63, 3.8) is 0 Å². The van der Waals surface area contributed by atoms with Crippen LogP contribution in [0.5, 0.6) is 0 Å². The summed E-state index contributed by atoms with van der Waals surface area (Å²) in [4.78, 5) is 0. The Morgan fingerprint density at radius 3 is 2.80 bits per heavy atom. The zero-order chi connectivity index (χ0) is 10.7. The zero-order valence-corrected chi connectivity index (χ0v) is 10.2. The normalized spacial score (nSPS) is 10.3. The Kier molecular flexibility index (Phi) is 3.52. The second kappa shape index (κ2) is 4.88. The van der Waals surface area contributed by atoms with Gasteiger partial charge in [-0.15, -0.1) is 0 Å². The summed E-state index contributed by atoms with van der Waals surface area (Å²) in [6, 6.07) is 7.65. The van der Waals surface area contributed by atoms with E-state index in [2.05, 4.69) is 22.1 Å². The van der Waals surface area contributed by atoms with Crippen LogP contribution in [0.2, 0.25) is 10.0 Å². The van der Waals surface area contributed by atoms with Crippen molar-refractivity contribution < 1.29 is 0 Å². The number of anilines is 1. The molecule has 1 aromatic carbocycles. The van der Waals surface area contributed by atoms with Gasteiger partial charge < -0.3 is 5.32 Å². The van der Waals surface area contributed by atoms with Gasteiger partial charge in [0.15, 0.2) is 0 Å². The number of hydrogen-bond acceptors (Lipinski definition) is 2. The van der Waals surface area contributed by atoms with Gasteiger partial charge >= 0.3 is 0 Å². The average molecular weight is 258 g/mol. The van der Waals surface area contributed by atoms with Gasteiger partial charge in [0.1, 0.15) is 0 Å². The van der Waals surface area contributed by atoms with Crippen LogP contribution in [0.1, 0.15) is 5.56 Å². The van der Waals surface area contributed by atoms with Crippen molar-refractivity contribution in [3.8, 4) is 0 Å². The van der Waals surface area contributed by atoms with E-state index in [1.54, 1.807) is 17.4 Å². The van der Waals surface area contributed by atoms with E-state index in [-0.39, 0.29) is 0 Å². The van der Waals surface area contributed by atoms with Crippen molar-refractivity contribution in [1.82, 2.24) is 0 Å². The molecule has 0 aliphatic heterocycles. The molecular weight excluding hydrogens is 249 g/mol. The molecule has 0 bridgehead atoms. The van der Waals surface area contributed by atoms with Gasteiger partial charge in [0, 0.05) is 6.54 Å². The van der Waals surface area contributed by atoms with E-state index in [1.165, 1.54) is 5.56 Å². The zero-order valence-electron chi connectivity index (χ0n) is 7.84. The molecule has 0 atom stereocenters. The Bertz CT molecular complexity index is 440. The molecule has 1 nitrogen and oxygen atoms in total. The van der Waals surface area contributed by atoms with Crippen LogP contribution in [-0.2, 0) is 6.54 Å². The first kappa shape index (κ1) is 10.8. The minimum Gasteiger partial charge on any atom is -0.380 e. The van der Waals surface area contributed by atoms with Gasteiger partial charge in [0.05, 0.1) is 15.7 Å². The average Bonchev–Trinajstić information content (AvgIpc) is 2.73. The van der Waals surface area contributed by atoms with Crippen molar-refractivity contribution in [1.29, 1.82) is 0 Å². The lowest BCUT2D eigenvalue weighted by Gasteiger charge is -2.07. The molecule has 0 aliphatic carbocycles. The molecule has 0 saturated heterocycles. The first-order chi connectivity index (χ1) is 7.27. The maximum atomic E-state index is 6.04. The lowest BCUT2D eigenvalue weighted by atomic mass is 10.3. The lowest BCUT2D eigenvalue weighted by molar-refractivity contribution is 1.16. The Labute approximate surface area is 103 Å². The molecule has 15 heavy (non-hydrogen) atoms. The Balaban J connectivity index is 2.08. The highest BCUT2D eigenvalue weighted by molar-refractivity contribution is 7.07. The molecule has 78 valence electrons. The summed E-state index contributed by atoms with van der Waals surface area (Å²) < 4.78 is 0. The van der Waals surface area contributed by atoms with Crippen LogP contribution in [0.25, 0.3) is 0 Å². The van der Waals surface area contributed by atoms with Crippen molar-refractivity contribution in [3.05, 3.63) is 50.6 Å². The van der Waals surface area contributed by atoms with Gasteiger partial charge in [-0.25, -0.2) is 0 Å². The van der Waals surface area contributed by atoms with E-state index < -0.39 is 0 Å². The first-order valence-corrected chi connectivity index (χ1v) is 6.16. The minimum atomic E-state index is 0.576. The first-order valence-electron chi connectivity index (χ1n) is 4.46. The highest BCUT2D eigenvalue weighted by Crippen LogP contribution is 2.29. The summed E-state index contributed by atoms with van der Waals surface area (Å²) in [6.07, 6.45) is 0. The molecule has 0 aliphatic rings. The van der Waals surface area contributed by atoms with Gasteiger partial charge in [-0.1, -0.05) is 29.3 Å². The smallest absolute Gasteiger partial charge is 0.0823 e. The number of hydrogen-bond donors (Lipinski definition) is 1. The van der Waals surface area contributed by atoms with E-state index in [1.807, 2.05) is 12.1 Å². The van der Waals surface area contributed by atoms with Crippen molar-refractivity contribution >= 4 is 40.2 Å². The van der Waals surface area contributed by atoms with Crippen LogP contribution in [-0.4, -0.2) is 0 Å². The largest absolute Gasteiger partial charge is 0.380 e. The van der Waals surface area contributed by atoms with Crippen LogP contribution < -0.4 is 5.32 Å². The molecule has 0 unspecified atom stereocenters. The molecule has 4 heteroatoms. The molecule has 2 rings (SSSR count). The second-order valence-corrected chi connectivity index (χ2v) is 4.65. The van der Waals surface area contributed by atoms with Crippen molar-refractivity contribution in [2.45, 2.75) is 6.54 Å². The van der Waals surface area contributed by atoms with Gasteiger partial charge in [0.2, 0.25) is 0 Å². The second-order valence-electron chi connectivity index (χ2n) is 3.09. The number of thiophene rings is 1. The van der Waals surface area contributed by atoms with Crippen LogP contribution in [0.3, 0.4) is 0 Å². The Morgan fingerprint density at radius 1 is 1.20 bits per heavy atom. The van der Waals surface area contributed by atoms with Crippen LogP contribution in [0, 0.1) is 0 Å². The van der Waals surface area contributed by atoms with Crippen molar-refractivity contribution in [2.24, 2.45) is 0 Å². The molecule has 0 spiro atoms. The summed E-state index contributed by atoms with van der Waals surface area (Å²) in [6.45, 7) is 0.767. The van der Waals surface area contributed by atoms with E-state index in [0.29, 0.717) is 10.0 Å². The third-order valence-electron chi connectivity index (χ3n) is 2.01. The highest BCUT2D eigenvalue weighted by atomic mass is 35.5. The van der Waals surface area contributed by atoms with Crippen LogP contribution in [0.4, 0.5) is 5.69 Å². The van der Waals surface area contributed by atoms with Crippen molar-refractivity contribution in [2.75, 3.05) is 5.32 Å². The van der Waals surface area contributed by atoms with Gasteiger partial charge in [-0.05, 0) is 34.5 Å². The summed E-state index contributed by atoms with van der Waals surface area (Å²) in [5, 5.41) is 8.56. The summed E-state index contributed by atoms with van der Waals surface area (Å²) in [5.41, 5.74) is 2.12. The minimum absolute atomic E-state index is 0.576. The van der Waals surface area contributed by atoms with E-state index >= 15 is 0 Å². The highest BCUT2D eigenvalue weighted by Gasteiger charge is 2.03. The predicted octanol–water partition coefficient (Wildman–Crippen LogP) is 4.67. The monoisotopic (exact) mass is 257 g/mol. The Hall–Kier alpha value is -0.700. The van der Waals surface area contributed by atoms with E-state index in [9.17, 15) is 0 Å². The summed E-state index contributed by atoms with van der Waals surface area (Å²) in [5.74, 6) is 0. The fraction of sp³-hybridized carbons (Fsp3) is 0.0909. The summed E-state index contributed by atoms with van der Waals surface area (Å²) in [7, 11) is 0. The third-order valence-corrected chi connectivity index (χ3v) is 3.57. The lowest BCUT2D eigenvalue weighted by Crippen LogP contribution is -1.98.